The summed E-state index contributed by atoms with van der Waals surface area (Å²) in [6.45, 7) is 8.81. The van der Waals surface area contributed by atoms with Gasteiger partial charge in [0, 0.05) is 11.9 Å². The van der Waals surface area contributed by atoms with Gasteiger partial charge in [-0.15, -0.1) is 0 Å². The number of hydrogen-bond acceptors (Lipinski definition) is 3. The lowest BCUT2D eigenvalue weighted by atomic mass is 9.94. The molecular formula is C20H27N3. The van der Waals surface area contributed by atoms with Crippen molar-refractivity contribution in [3.05, 3.63) is 47.6 Å². The zero-order valence-corrected chi connectivity index (χ0v) is 14.3. The molecule has 1 atom stereocenters. The summed E-state index contributed by atoms with van der Waals surface area (Å²) in [5.74, 6) is 0. The minimum Gasteiger partial charge on any atom is -0.398 e. The number of nitrogens with two attached hydrogens (primary N) is 1. The highest BCUT2D eigenvalue weighted by atomic mass is 14.8. The largest absolute Gasteiger partial charge is 0.398 e. The first-order valence-electron chi connectivity index (χ1n) is 8.39. The van der Waals surface area contributed by atoms with Crippen molar-refractivity contribution >= 4 is 23.7 Å². The van der Waals surface area contributed by atoms with Crippen LogP contribution in [-0.2, 0) is 12.8 Å². The van der Waals surface area contributed by atoms with Crippen LogP contribution in [0.3, 0.4) is 0 Å². The molecule has 23 heavy (non-hydrogen) atoms. The van der Waals surface area contributed by atoms with Crippen LogP contribution in [0, 0.1) is 0 Å². The van der Waals surface area contributed by atoms with Gasteiger partial charge in [0.05, 0.1) is 18.3 Å². The zero-order chi connectivity index (χ0) is 16.7. The number of anilines is 1. The number of hydrogen-bond donors (Lipinski definition) is 1. The van der Waals surface area contributed by atoms with Crippen molar-refractivity contribution in [2.75, 3.05) is 12.3 Å². The molecule has 0 saturated heterocycles. The Labute approximate surface area is 139 Å². The summed E-state index contributed by atoms with van der Waals surface area (Å²) in [7, 11) is 0. The van der Waals surface area contributed by atoms with Gasteiger partial charge in [0.15, 0.2) is 0 Å². The zero-order valence-electron chi connectivity index (χ0n) is 14.3. The molecule has 3 nitrogen and oxygen atoms in total. The SMILES string of the molecule is C=Cc1ccc(CCC2/C=C/C/N=C\C(C)=N/2)c(N)c1CCC. The molecule has 0 aromatic heterocycles. The van der Waals surface area contributed by atoms with Crippen LogP contribution in [-0.4, -0.2) is 24.5 Å². The van der Waals surface area contributed by atoms with Gasteiger partial charge in [-0.25, -0.2) is 0 Å². The average Bonchev–Trinajstić information content (AvgIpc) is 2.52. The van der Waals surface area contributed by atoms with Crippen molar-refractivity contribution in [3.8, 4) is 0 Å². The van der Waals surface area contributed by atoms with Crippen molar-refractivity contribution in [1.29, 1.82) is 0 Å². The lowest BCUT2D eigenvalue weighted by Gasteiger charge is -2.15. The smallest absolute Gasteiger partial charge is 0.0687 e. The van der Waals surface area contributed by atoms with E-state index in [1.54, 1.807) is 0 Å². The lowest BCUT2D eigenvalue weighted by molar-refractivity contribution is 0.721. The van der Waals surface area contributed by atoms with Gasteiger partial charge < -0.3 is 5.73 Å². The van der Waals surface area contributed by atoms with Crippen LogP contribution < -0.4 is 5.73 Å². The summed E-state index contributed by atoms with van der Waals surface area (Å²) < 4.78 is 0. The topological polar surface area (TPSA) is 50.7 Å². The summed E-state index contributed by atoms with van der Waals surface area (Å²) in [5.41, 5.74) is 12.0. The van der Waals surface area contributed by atoms with E-state index in [0.29, 0.717) is 0 Å². The Morgan fingerprint density at radius 1 is 1.35 bits per heavy atom. The molecule has 2 N–H and O–H groups in total. The van der Waals surface area contributed by atoms with E-state index in [-0.39, 0.29) is 6.04 Å². The van der Waals surface area contributed by atoms with E-state index in [4.69, 9.17) is 10.7 Å². The molecule has 1 unspecified atom stereocenters. The van der Waals surface area contributed by atoms with E-state index in [2.05, 4.69) is 42.8 Å². The molecule has 0 aliphatic carbocycles. The number of nitrogen functional groups attached to an aromatic ring is 1. The molecule has 0 saturated carbocycles. The lowest BCUT2D eigenvalue weighted by Crippen LogP contribution is -2.10. The molecule has 1 aromatic carbocycles. The molecule has 1 aromatic rings. The molecule has 0 bridgehead atoms. The Morgan fingerprint density at radius 2 is 2.17 bits per heavy atom. The summed E-state index contributed by atoms with van der Waals surface area (Å²) in [4.78, 5) is 8.95. The second-order valence-electron chi connectivity index (χ2n) is 5.96. The number of aryl methyl sites for hydroxylation is 1. The Kier molecular flexibility index (Phi) is 6.33. The van der Waals surface area contributed by atoms with Crippen LogP contribution in [0.4, 0.5) is 5.69 Å². The third kappa shape index (κ3) is 4.65. The standard InChI is InChI=1S/C20H27N3/c1-4-7-19-16(5-2)9-10-17(20(19)21)11-12-18-8-6-13-22-14-15(3)23-18/h5-6,8-10,14,18H,2,4,7,11-13,21H2,1,3H3/b8-6+,22-14-,23-15-. The van der Waals surface area contributed by atoms with Crippen LogP contribution in [0.25, 0.3) is 6.08 Å². The third-order valence-corrected chi connectivity index (χ3v) is 4.13. The molecule has 0 radical (unpaired) electrons. The molecule has 0 amide bonds. The van der Waals surface area contributed by atoms with Crippen molar-refractivity contribution < 1.29 is 0 Å². The summed E-state index contributed by atoms with van der Waals surface area (Å²) in [5, 5.41) is 0. The van der Waals surface area contributed by atoms with Crippen LogP contribution in [0.2, 0.25) is 0 Å². The summed E-state index contributed by atoms with van der Waals surface area (Å²) in [6.07, 6.45) is 12.0. The van der Waals surface area contributed by atoms with Crippen LogP contribution in [0.5, 0.6) is 0 Å². The maximum Gasteiger partial charge on any atom is 0.0687 e. The number of nitrogens with zero attached hydrogens (tertiary/aromatic N) is 2. The minimum absolute atomic E-state index is 0.204. The highest BCUT2D eigenvalue weighted by Crippen LogP contribution is 2.26. The second-order valence-corrected chi connectivity index (χ2v) is 5.96. The average molecular weight is 309 g/mol. The van der Waals surface area contributed by atoms with E-state index in [0.717, 1.165) is 49.2 Å². The first-order chi connectivity index (χ1) is 11.2. The van der Waals surface area contributed by atoms with E-state index in [1.807, 2.05) is 19.2 Å². The van der Waals surface area contributed by atoms with Gasteiger partial charge in [-0.2, -0.15) is 0 Å². The number of benzene rings is 1. The fourth-order valence-corrected chi connectivity index (χ4v) is 2.93. The first kappa shape index (κ1) is 17.2. The molecule has 3 heteroatoms. The molecule has 1 aliphatic rings. The molecule has 1 aliphatic heterocycles. The molecular weight excluding hydrogens is 282 g/mol. The summed E-state index contributed by atoms with van der Waals surface area (Å²) in [6, 6.07) is 4.48. The monoisotopic (exact) mass is 309 g/mol. The second kappa shape index (κ2) is 8.47. The fourth-order valence-electron chi connectivity index (χ4n) is 2.93. The predicted molar refractivity (Wildman–Crippen MR) is 103 cm³/mol. The first-order valence-corrected chi connectivity index (χ1v) is 8.39. The highest BCUT2D eigenvalue weighted by Gasteiger charge is 2.11. The van der Waals surface area contributed by atoms with Crippen LogP contribution in [0.15, 0.2) is 40.8 Å². The number of rotatable bonds is 6. The van der Waals surface area contributed by atoms with E-state index >= 15 is 0 Å². The fraction of sp³-hybridized carbons (Fsp3) is 0.400. The van der Waals surface area contributed by atoms with Gasteiger partial charge in [0.2, 0.25) is 0 Å². The van der Waals surface area contributed by atoms with Gasteiger partial charge in [0.25, 0.3) is 0 Å². The van der Waals surface area contributed by atoms with Crippen molar-refractivity contribution in [2.24, 2.45) is 9.98 Å². The maximum atomic E-state index is 6.42. The minimum atomic E-state index is 0.204. The summed E-state index contributed by atoms with van der Waals surface area (Å²) >= 11 is 0. The van der Waals surface area contributed by atoms with Gasteiger partial charge >= 0.3 is 0 Å². The Hall–Kier alpha value is -2.16. The van der Waals surface area contributed by atoms with E-state index < -0.39 is 0 Å². The highest BCUT2D eigenvalue weighted by molar-refractivity contribution is 6.29. The quantitative estimate of drug-likeness (QED) is 0.619. The number of aliphatic imine (C=N–C) groups is 2. The van der Waals surface area contributed by atoms with Crippen LogP contribution in [0.1, 0.15) is 43.4 Å². The molecule has 0 fully saturated rings. The normalized spacial score (nSPS) is 22.5. The van der Waals surface area contributed by atoms with Crippen molar-refractivity contribution in [2.45, 2.75) is 45.6 Å². The van der Waals surface area contributed by atoms with Gasteiger partial charge in [-0.3, -0.25) is 9.98 Å². The third-order valence-electron chi connectivity index (χ3n) is 4.13. The van der Waals surface area contributed by atoms with E-state index in [1.165, 1.54) is 11.1 Å². The molecule has 0 spiro atoms. The molecule has 122 valence electrons. The van der Waals surface area contributed by atoms with E-state index in [9.17, 15) is 0 Å². The Balaban J connectivity index is 2.15. The Bertz CT molecular complexity index is 639. The van der Waals surface area contributed by atoms with Gasteiger partial charge in [-0.1, -0.05) is 50.3 Å². The van der Waals surface area contributed by atoms with Crippen molar-refractivity contribution in [1.82, 2.24) is 0 Å². The van der Waals surface area contributed by atoms with Gasteiger partial charge in [-0.05, 0) is 42.9 Å². The predicted octanol–water partition coefficient (Wildman–Crippen LogP) is 4.27. The van der Waals surface area contributed by atoms with Crippen molar-refractivity contribution in [3.63, 3.8) is 0 Å². The van der Waals surface area contributed by atoms with Gasteiger partial charge in [0.1, 0.15) is 0 Å². The van der Waals surface area contributed by atoms with Crippen LogP contribution >= 0.6 is 0 Å². The molecule has 2 rings (SSSR count). The molecule has 1 heterocycles. The maximum absolute atomic E-state index is 6.42. The Morgan fingerprint density at radius 3 is 2.91 bits per heavy atom.